The fourth-order valence-corrected chi connectivity index (χ4v) is 1.31. The van der Waals surface area contributed by atoms with Gasteiger partial charge >= 0.3 is 0 Å². The summed E-state index contributed by atoms with van der Waals surface area (Å²) in [7, 11) is -1.81. The number of hydrogen-bond acceptors (Lipinski definition) is 4. The molecule has 0 unspecified atom stereocenters. The van der Waals surface area contributed by atoms with Crippen molar-refractivity contribution in [3.8, 4) is 0 Å². The number of carbonyl (C=O) groups excluding carboxylic acids is 1. The van der Waals surface area contributed by atoms with Gasteiger partial charge in [0.15, 0.2) is 0 Å². The Morgan fingerprint density at radius 2 is 2.33 bits per heavy atom. The number of amides is 1. The van der Waals surface area contributed by atoms with Gasteiger partial charge in [0.2, 0.25) is 10.0 Å². The van der Waals surface area contributed by atoms with E-state index in [4.69, 9.17) is 5.14 Å². The molecule has 0 spiro atoms. The number of nitrogens with zero attached hydrogens (tertiary/aromatic N) is 2. The predicted octanol–water partition coefficient (Wildman–Crippen LogP) is -1.56. The van der Waals surface area contributed by atoms with Gasteiger partial charge in [-0.2, -0.15) is 0 Å². The van der Waals surface area contributed by atoms with E-state index >= 15 is 0 Å². The number of rotatable bonds is 4. The second kappa shape index (κ2) is 4.41. The number of aryl methyl sites for hydroxylation is 1. The lowest BCUT2D eigenvalue weighted by Crippen LogP contribution is -2.31. The summed E-state index contributed by atoms with van der Waals surface area (Å²) in [5.74, 6) is -0.703. The Kier molecular flexibility index (Phi) is 3.43. The van der Waals surface area contributed by atoms with Gasteiger partial charge in [0.1, 0.15) is 5.69 Å². The minimum Gasteiger partial charge on any atom is -0.350 e. The second-order valence-electron chi connectivity index (χ2n) is 3.05. The van der Waals surface area contributed by atoms with Crippen molar-refractivity contribution in [2.45, 2.75) is 0 Å². The average molecular weight is 232 g/mol. The first kappa shape index (κ1) is 11.7. The third-order valence-corrected chi connectivity index (χ3v) is 2.38. The Morgan fingerprint density at radius 1 is 1.67 bits per heavy atom. The Hall–Kier alpha value is -1.41. The van der Waals surface area contributed by atoms with Crippen LogP contribution in [0.2, 0.25) is 0 Å². The van der Waals surface area contributed by atoms with Gasteiger partial charge in [0, 0.05) is 19.8 Å². The Morgan fingerprint density at radius 3 is 2.80 bits per heavy atom. The van der Waals surface area contributed by atoms with E-state index in [0.29, 0.717) is 0 Å². The molecule has 8 heteroatoms. The molecule has 0 aliphatic heterocycles. The molecule has 1 aromatic heterocycles. The highest BCUT2D eigenvalue weighted by Gasteiger charge is 2.09. The van der Waals surface area contributed by atoms with Crippen molar-refractivity contribution in [1.82, 2.24) is 14.9 Å². The summed E-state index contributed by atoms with van der Waals surface area (Å²) in [5.41, 5.74) is 0.243. The van der Waals surface area contributed by atoms with Crippen molar-refractivity contribution in [2.24, 2.45) is 12.2 Å². The molecular weight excluding hydrogens is 220 g/mol. The largest absolute Gasteiger partial charge is 0.350 e. The first-order valence-corrected chi connectivity index (χ1v) is 5.86. The lowest BCUT2D eigenvalue weighted by atomic mass is 10.4. The van der Waals surface area contributed by atoms with Gasteiger partial charge in [-0.05, 0) is 0 Å². The van der Waals surface area contributed by atoms with E-state index in [1.807, 2.05) is 0 Å². The number of carbonyl (C=O) groups is 1. The van der Waals surface area contributed by atoms with Crippen molar-refractivity contribution >= 4 is 15.9 Å². The number of aromatic nitrogens is 2. The van der Waals surface area contributed by atoms with Crippen LogP contribution in [0.15, 0.2) is 12.5 Å². The van der Waals surface area contributed by atoms with E-state index in [2.05, 4.69) is 10.3 Å². The van der Waals surface area contributed by atoms with E-state index < -0.39 is 15.9 Å². The molecule has 0 atom stereocenters. The maximum atomic E-state index is 11.3. The molecular formula is C7H12N4O3S. The maximum absolute atomic E-state index is 11.3. The highest BCUT2D eigenvalue weighted by molar-refractivity contribution is 7.89. The normalized spacial score (nSPS) is 11.3. The standard InChI is InChI=1S/C7H12N4O3S/c1-11-4-6(10-5-11)7(12)9-2-3-15(8,13)14/h4-5H,2-3H2,1H3,(H,9,12)(H2,8,13,14). The Bertz CT molecular complexity index is 451. The molecule has 0 bridgehead atoms. The Labute approximate surface area is 87.3 Å². The molecule has 0 aliphatic carbocycles. The van der Waals surface area contributed by atoms with Gasteiger partial charge in [-0.15, -0.1) is 0 Å². The lowest BCUT2D eigenvalue weighted by molar-refractivity contribution is 0.0951. The van der Waals surface area contributed by atoms with Crippen LogP contribution >= 0.6 is 0 Å². The quantitative estimate of drug-likeness (QED) is 0.654. The molecule has 0 radical (unpaired) electrons. The number of nitrogens with one attached hydrogen (secondary N) is 1. The predicted molar refractivity (Wildman–Crippen MR) is 53.5 cm³/mol. The number of primary sulfonamides is 1. The number of imidazole rings is 1. The fourth-order valence-electron chi connectivity index (χ4n) is 0.927. The Balaban J connectivity index is 2.44. The van der Waals surface area contributed by atoms with Crippen LogP contribution in [0.5, 0.6) is 0 Å². The fraction of sp³-hybridized carbons (Fsp3) is 0.429. The van der Waals surface area contributed by atoms with Crippen LogP contribution in [0.4, 0.5) is 0 Å². The van der Waals surface area contributed by atoms with Crippen molar-refractivity contribution in [3.63, 3.8) is 0 Å². The van der Waals surface area contributed by atoms with Crippen molar-refractivity contribution in [3.05, 3.63) is 18.2 Å². The van der Waals surface area contributed by atoms with Crippen LogP contribution in [-0.2, 0) is 17.1 Å². The number of hydrogen-bond donors (Lipinski definition) is 2. The van der Waals surface area contributed by atoms with Gasteiger partial charge in [0.25, 0.3) is 5.91 Å². The molecule has 0 fully saturated rings. The van der Waals surface area contributed by atoms with Crippen LogP contribution in [0.25, 0.3) is 0 Å². The highest BCUT2D eigenvalue weighted by atomic mass is 32.2. The lowest BCUT2D eigenvalue weighted by Gasteiger charge is -2.00. The van der Waals surface area contributed by atoms with Crippen LogP contribution in [-0.4, -0.2) is 36.2 Å². The summed E-state index contributed by atoms with van der Waals surface area (Å²) in [5, 5.41) is 7.16. The van der Waals surface area contributed by atoms with Gasteiger partial charge in [0.05, 0.1) is 12.1 Å². The second-order valence-corrected chi connectivity index (χ2v) is 4.78. The highest BCUT2D eigenvalue weighted by Crippen LogP contribution is 1.92. The van der Waals surface area contributed by atoms with Crippen LogP contribution in [0.1, 0.15) is 10.5 Å². The molecule has 0 aromatic carbocycles. The maximum Gasteiger partial charge on any atom is 0.271 e. The molecule has 1 heterocycles. The van der Waals surface area contributed by atoms with Gasteiger partial charge < -0.3 is 9.88 Å². The summed E-state index contributed by atoms with van der Waals surface area (Å²) < 4.78 is 22.7. The topological polar surface area (TPSA) is 107 Å². The molecule has 3 N–H and O–H groups in total. The molecule has 0 saturated heterocycles. The zero-order valence-corrected chi connectivity index (χ0v) is 8.99. The van der Waals surface area contributed by atoms with Crippen molar-refractivity contribution in [2.75, 3.05) is 12.3 Å². The van der Waals surface area contributed by atoms with Crippen LogP contribution in [0, 0.1) is 0 Å². The molecule has 84 valence electrons. The third kappa shape index (κ3) is 4.09. The molecule has 1 rings (SSSR count). The monoisotopic (exact) mass is 232 g/mol. The minimum atomic E-state index is -3.54. The molecule has 1 aromatic rings. The summed E-state index contributed by atoms with van der Waals surface area (Å²) in [6.45, 7) is -0.0196. The zero-order valence-electron chi connectivity index (χ0n) is 8.17. The van der Waals surface area contributed by atoms with Gasteiger partial charge in [-0.25, -0.2) is 18.5 Å². The van der Waals surface area contributed by atoms with E-state index in [1.54, 1.807) is 11.6 Å². The van der Waals surface area contributed by atoms with E-state index in [0.717, 1.165) is 0 Å². The molecule has 1 amide bonds. The van der Waals surface area contributed by atoms with Crippen LogP contribution < -0.4 is 10.5 Å². The van der Waals surface area contributed by atoms with Gasteiger partial charge in [-0.3, -0.25) is 4.79 Å². The summed E-state index contributed by atoms with van der Waals surface area (Å²) in [4.78, 5) is 15.1. The average Bonchev–Trinajstić information content (AvgIpc) is 2.49. The first-order chi connectivity index (χ1) is 6.88. The molecule has 0 saturated carbocycles. The summed E-state index contributed by atoms with van der Waals surface area (Å²) in [6, 6.07) is 0. The zero-order chi connectivity index (χ0) is 11.5. The first-order valence-electron chi connectivity index (χ1n) is 4.15. The van der Waals surface area contributed by atoms with Crippen LogP contribution in [0.3, 0.4) is 0 Å². The molecule has 15 heavy (non-hydrogen) atoms. The van der Waals surface area contributed by atoms with Crippen molar-refractivity contribution < 1.29 is 13.2 Å². The number of nitrogens with two attached hydrogens (primary N) is 1. The SMILES string of the molecule is Cn1cnc(C(=O)NCCS(N)(=O)=O)c1. The number of sulfonamides is 1. The van der Waals surface area contributed by atoms with E-state index in [1.165, 1.54) is 12.5 Å². The smallest absolute Gasteiger partial charge is 0.271 e. The van der Waals surface area contributed by atoms with Gasteiger partial charge in [-0.1, -0.05) is 0 Å². The van der Waals surface area contributed by atoms with Crippen molar-refractivity contribution in [1.29, 1.82) is 0 Å². The third-order valence-electron chi connectivity index (χ3n) is 1.61. The minimum absolute atomic E-state index is 0.0196. The summed E-state index contributed by atoms with van der Waals surface area (Å²) >= 11 is 0. The molecule has 7 nitrogen and oxygen atoms in total. The van der Waals surface area contributed by atoms with E-state index in [9.17, 15) is 13.2 Å². The molecule has 0 aliphatic rings. The summed E-state index contributed by atoms with van der Waals surface area (Å²) in [6.07, 6.45) is 3.01. The van der Waals surface area contributed by atoms with E-state index in [-0.39, 0.29) is 18.0 Å².